The van der Waals surface area contributed by atoms with Crippen LogP contribution < -0.4 is 5.32 Å². The van der Waals surface area contributed by atoms with Crippen molar-refractivity contribution in [2.24, 2.45) is 0 Å². The van der Waals surface area contributed by atoms with Crippen molar-refractivity contribution in [3.63, 3.8) is 0 Å². The molecule has 6 nitrogen and oxygen atoms in total. The number of nitrogens with one attached hydrogen (secondary N) is 2. The van der Waals surface area contributed by atoms with Crippen LogP contribution in [0.4, 0.5) is 5.69 Å². The molecule has 0 saturated heterocycles. The molecule has 1 heterocycles. The number of hydrogen-bond acceptors (Lipinski definition) is 4. The third-order valence-corrected chi connectivity index (χ3v) is 3.80. The van der Waals surface area contributed by atoms with Gasteiger partial charge in [-0.25, -0.2) is 4.79 Å². The Kier molecular flexibility index (Phi) is 4.61. The molecule has 1 amide bonds. The number of H-pyrrole nitrogens is 1. The second-order valence-corrected chi connectivity index (χ2v) is 5.51. The number of aromatic amines is 1. The molecule has 0 radical (unpaired) electrons. The summed E-state index contributed by atoms with van der Waals surface area (Å²) in [5, 5.41) is 9.70. The Hall–Kier alpha value is -3.41. The van der Waals surface area contributed by atoms with Crippen molar-refractivity contribution < 1.29 is 14.3 Å². The van der Waals surface area contributed by atoms with Gasteiger partial charge in [0, 0.05) is 11.3 Å². The molecule has 0 aliphatic rings. The molecule has 0 fully saturated rings. The first kappa shape index (κ1) is 16.4. The highest BCUT2D eigenvalue weighted by Crippen LogP contribution is 2.20. The largest absolute Gasteiger partial charge is 0.465 e. The minimum Gasteiger partial charge on any atom is -0.465 e. The third kappa shape index (κ3) is 3.58. The van der Waals surface area contributed by atoms with Crippen LogP contribution in [-0.4, -0.2) is 29.2 Å². The number of aromatic nitrogens is 2. The number of carbonyl (C=O) groups excluding carboxylic acids is 2. The number of nitrogens with zero attached hydrogens (tertiary/aromatic N) is 1. The molecule has 1 aromatic heterocycles. The van der Waals surface area contributed by atoms with Gasteiger partial charge < -0.3 is 10.1 Å². The van der Waals surface area contributed by atoms with Crippen LogP contribution in [-0.2, 0) is 4.74 Å². The maximum atomic E-state index is 12.5. The normalized spacial score (nSPS) is 10.3. The highest BCUT2D eigenvalue weighted by atomic mass is 16.5. The molecule has 0 bridgehead atoms. The SMILES string of the molecule is COC(=O)c1ccc(C)c(NC(=O)c2cc(-c3ccccc3)n[nH]2)c1. The van der Waals surface area contributed by atoms with Crippen molar-refractivity contribution in [1.82, 2.24) is 10.2 Å². The maximum absolute atomic E-state index is 12.5. The van der Waals surface area contributed by atoms with E-state index in [2.05, 4.69) is 15.5 Å². The molecule has 25 heavy (non-hydrogen) atoms. The molecule has 3 aromatic rings. The molecule has 2 N–H and O–H groups in total. The fourth-order valence-corrected chi connectivity index (χ4v) is 2.39. The third-order valence-electron chi connectivity index (χ3n) is 3.80. The van der Waals surface area contributed by atoms with Crippen LogP contribution in [0.2, 0.25) is 0 Å². The smallest absolute Gasteiger partial charge is 0.337 e. The van der Waals surface area contributed by atoms with Crippen molar-refractivity contribution in [1.29, 1.82) is 0 Å². The summed E-state index contributed by atoms with van der Waals surface area (Å²) in [5.74, 6) is -0.789. The molecule has 0 atom stereocenters. The lowest BCUT2D eigenvalue weighted by Gasteiger charge is -2.09. The van der Waals surface area contributed by atoms with E-state index in [0.717, 1.165) is 11.1 Å². The molecule has 2 aromatic carbocycles. The number of esters is 1. The Labute approximate surface area is 144 Å². The quantitative estimate of drug-likeness (QED) is 0.716. The second-order valence-electron chi connectivity index (χ2n) is 5.51. The van der Waals surface area contributed by atoms with E-state index in [0.29, 0.717) is 22.6 Å². The monoisotopic (exact) mass is 335 g/mol. The van der Waals surface area contributed by atoms with E-state index in [-0.39, 0.29) is 5.91 Å². The van der Waals surface area contributed by atoms with Crippen LogP contribution in [0.3, 0.4) is 0 Å². The van der Waals surface area contributed by atoms with Gasteiger partial charge in [0.25, 0.3) is 5.91 Å². The summed E-state index contributed by atoms with van der Waals surface area (Å²) in [4.78, 5) is 24.1. The van der Waals surface area contributed by atoms with Gasteiger partial charge in [-0.05, 0) is 30.7 Å². The van der Waals surface area contributed by atoms with Gasteiger partial charge in [0.15, 0.2) is 0 Å². The number of benzene rings is 2. The van der Waals surface area contributed by atoms with Crippen molar-refractivity contribution in [3.8, 4) is 11.3 Å². The molecule has 0 unspecified atom stereocenters. The van der Waals surface area contributed by atoms with E-state index in [1.807, 2.05) is 37.3 Å². The van der Waals surface area contributed by atoms with Crippen molar-refractivity contribution in [2.75, 3.05) is 12.4 Å². The van der Waals surface area contributed by atoms with Gasteiger partial charge in [0.05, 0.1) is 18.4 Å². The number of carbonyl (C=O) groups is 2. The van der Waals surface area contributed by atoms with Crippen molar-refractivity contribution >= 4 is 17.6 Å². The molecule has 0 aliphatic carbocycles. The summed E-state index contributed by atoms with van der Waals surface area (Å²) in [6, 6.07) is 16.3. The summed E-state index contributed by atoms with van der Waals surface area (Å²) in [6.07, 6.45) is 0. The molecule has 3 rings (SSSR count). The molecule has 0 spiro atoms. The highest BCUT2D eigenvalue weighted by Gasteiger charge is 2.14. The van der Waals surface area contributed by atoms with Gasteiger partial charge >= 0.3 is 5.97 Å². The van der Waals surface area contributed by atoms with Crippen molar-refractivity contribution in [2.45, 2.75) is 6.92 Å². The van der Waals surface area contributed by atoms with Gasteiger partial charge in [-0.2, -0.15) is 5.10 Å². The lowest BCUT2D eigenvalue weighted by atomic mass is 10.1. The Morgan fingerprint density at radius 1 is 1.08 bits per heavy atom. The number of methoxy groups -OCH3 is 1. The number of amides is 1. The Morgan fingerprint density at radius 3 is 2.56 bits per heavy atom. The minimum absolute atomic E-state index is 0.334. The van der Waals surface area contributed by atoms with E-state index in [9.17, 15) is 9.59 Å². The zero-order valence-electron chi connectivity index (χ0n) is 13.9. The van der Waals surface area contributed by atoms with Crippen LogP contribution in [0.5, 0.6) is 0 Å². The van der Waals surface area contributed by atoms with Crippen LogP contribution in [0, 0.1) is 6.92 Å². The highest BCUT2D eigenvalue weighted by molar-refractivity contribution is 6.04. The summed E-state index contributed by atoms with van der Waals surface area (Å²) in [6.45, 7) is 1.85. The number of ether oxygens (including phenoxy) is 1. The van der Waals surface area contributed by atoms with Crippen LogP contribution >= 0.6 is 0 Å². The van der Waals surface area contributed by atoms with E-state index < -0.39 is 5.97 Å². The molecule has 0 aliphatic heterocycles. The average Bonchev–Trinajstić information content (AvgIpc) is 3.14. The molecular weight excluding hydrogens is 318 g/mol. The van der Waals surface area contributed by atoms with Crippen molar-refractivity contribution in [3.05, 3.63) is 71.4 Å². The van der Waals surface area contributed by atoms with E-state index in [1.165, 1.54) is 7.11 Å². The first-order valence-corrected chi connectivity index (χ1v) is 7.69. The lowest BCUT2D eigenvalue weighted by molar-refractivity contribution is 0.0600. The van der Waals surface area contributed by atoms with Crippen LogP contribution in [0.1, 0.15) is 26.4 Å². The van der Waals surface area contributed by atoms with Gasteiger partial charge in [-0.15, -0.1) is 0 Å². The minimum atomic E-state index is -0.455. The predicted octanol–water partition coefficient (Wildman–Crippen LogP) is 3.42. The number of anilines is 1. The Morgan fingerprint density at radius 2 is 1.84 bits per heavy atom. The second kappa shape index (κ2) is 7.00. The maximum Gasteiger partial charge on any atom is 0.337 e. The van der Waals surface area contributed by atoms with Crippen LogP contribution in [0.15, 0.2) is 54.6 Å². The number of rotatable bonds is 4. The number of aryl methyl sites for hydroxylation is 1. The summed E-state index contributed by atoms with van der Waals surface area (Å²) >= 11 is 0. The first-order chi connectivity index (χ1) is 12.1. The first-order valence-electron chi connectivity index (χ1n) is 7.69. The fraction of sp³-hybridized carbons (Fsp3) is 0.105. The van der Waals surface area contributed by atoms with Gasteiger partial charge in [0.1, 0.15) is 5.69 Å². The summed E-state index contributed by atoms with van der Waals surface area (Å²) < 4.78 is 4.71. The topological polar surface area (TPSA) is 84.1 Å². The van der Waals surface area contributed by atoms with Gasteiger partial charge in [0.2, 0.25) is 0 Å². The molecule has 6 heteroatoms. The summed E-state index contributed by atoms with van der Waals surface area (Å²) in [7, 11) is 1.32. The Balaban J connectivity index is 1.81. The van der Waals surface area contributed by atoms with E-state index in [1.54, 1.807) is 24.3 Å². The standard InChI is InChI=1S/C19H17N3O3/c1-12-8-9-14(19(24)25-2)10-15(12)20-18(23)17-11-16(21-22-17)13-6-4-3-5-7-13/h3-11H,1-2H3,(H,20,23)(H,21,22). The Bertz CT molecular complexity index is 917. The molecular formula is C19H17N3O3. The average molecular weight is 335 g/mol. The molecule has 0 saturated carbocycles. The zero-order chi connectivity index (χ0) is 17.8. The zero-order valence-corrected chi connectivity index (χ0v) is 13.9. The fourth-order valence-electron chi connectivity index (χ4n) is 2.39. The van der Waals surface area contributed by atoms with E-state index >= 15 is 0 Å². The lowest BCUT2D eigenvalue weighted by Crippen LogP contribution is -2.14. The van der Waals surface area contributed by atoms with Gasteiger partial charge in [-0.1, -0.05) is 36.4 Å². The van der Waals surface area contributed by atoms with Gasteiger partial charge in [-0.3, -0.25) is 9.89 Å². The molecule has 126 valence electrons. The predicted molar refractivity (Wildman–Crippen MR) is 94.5 cm³/mol. The number of hydrogen-bond donors (Lipinski definition) is 2. The van der Waals surface area contributed by atoms with Crippen LogP contribution in [0.25, 0.3) is 11.3 Å². The summed E-state index contributed by atoms with van der Waals surface area (Å²) in [5.41, 5.74) is 3.69. The van der Waals surface area contributed by atoms with E-state index in [4.69, 9.17) is 4.74 Å².